The Morgan fingerprint density at radius 3 is 2.20 bits per heavy atom. The van der Waals surface area contributed by atoms with Crippen molar-refractivity contribution in [1.82, 2.24) is 0 Å². The summed E-state index contributed by atoms with van der Waals surface area (Å²) in [6, 6.07) is 2.80. The number of aryl methyl sites for hydroxylation is 1. The van der Waals surface area contributed by atoms with Gasteiger partial charge >= 0.3 is 5.97 Å². The van der Waals surface area contributed by atoms with Crippen molar-refractivity contribution in [3.8, 4) is 39.9 Å². The molecule has 6 rings (SSSR count). The Hall–Kier alpha value is -4.53. The van der Waals surface area contributed by atoms with Crippen LogP contribution in [0.25, 0.3) is 11.1 Å². The van der Waals surface area contributed by atoms with Gasteiger partial charge in [-0.3, -0.25) is 9.59 Å². The molecular weight excluding hydrogens is 456 g/mol. The summed E-state index contributed by atoms with van der Waals surface area (Å²) in [5.41, 5.74) is 0.729. The number of benzene rings is 3. The van der Waals surface area contributed by atoms with Crippen LogP contribution in [0.2, 0.25) is 0 Å². The van der Waals surface area contributed by atoms with E-state index >= 15 is 0 Å². The summed E-state index contributed by atoms with van der Waals surface area (Å²) >= 11 is 0. The van der Waals surface area contributed by atoms with Crippen molar-refractivity contribution in [2.75, 3.05) is 7.11 Å². The van der Waals surface area contributed by atoms with Crippen LogP contribution >= 0.6 is 0 Å². The van der Waals surface area contributed by atoms with Crippen LogP contribution < -0.4 is 4.74 Å². The molecule has 0 saturated heterocycles. The zero-order valence-electron chi connectivity index (χ0n) is 18.6. The first-order valence-corrected chi connectivity index (χ1v) is 10.8. The van der Waals surface area contributed by atoms with Gasteiger partial charge in [0.2, 0.25) is 5.78 Å². The predicted molar refractivity (Wildman–Crippen MR) is 120 cm³/mol. The first kappa shape index (κ1) is 21.0. The zero-order chi connectivity index (χ0) is 24.9. The van der Waals surface area contributed by atoms with Gasteiger partial charge in [-0.05, 0) is 31.4 Å². The van der Waals surface area contributed by atoms with E-state index in [0.717, 1.165) is 6.07 Å². The van der Waals surface area contributed by atoms with Gasteiger partial charge in [0, 0.05) is 33.4 Å². The van der Waals surface area contributed by atoms with Crippen LogP contribution in [-0.4, -0.2) is 45.1 Å². The van der Waals surface area contributed by atoms with Crippen molar-refractivity contribution >= 4 is 17.5 Å². The summed E-state index contributed by atoms with van der Waals surface area (Å²) in [6.45, 7) is 1.43. The lowest BCUT2D eigenvalue weighted by Gasteiger charge is -2.29. The van der Waals surface area contributed by atoms with Crippen LogP contribution in [0.4, 0.5) is 0 Å². The van der Waals surface area contributed by atoms with Crippen LogP contribution in [0, 0.1) is 6.92 Å². The molecule has 0 fully saturated rings. The molecule has 3 aromatic carbocycles. The number of ether oxygens (including phenoxy) is 2. The molecule has 4 N–H and O–H groups in total. The minimum Gasteiger partial charge on any atom is -0.508 e. The van der Waals surface area contributed by atoms with E-state index < -0.39 is 29.0 Å². The SMILES string of the molecule is COc1c2c(c(O)c3c1C(=O)c1c(cc(O)c(C)c1O)C3=O)-c1c(cc3c(c1O)C(=O)OC3)CC2. The molecule has 35 heavy (non-hydrogen) atoms. The smallest absolute Gasteiger partial charge is 0.342 e. The van der Waals surface area contributed by atoms with Crippen molar-refractivity contribution in [3.63, 3.8) is 0 Å². The average Bonchev–Trinajstić information content (AvgIpc) is 3.21. The molecular formula is C26H18O9. The number of methoxy groups -OCH3 is 1. The highest BCUT2D eigenvalue weighted by molar-refractivity contribution is 6.32. The zero-order valence-corrected chi connectivity index (χ0v) is 18.6. The van der Waals surface area contributed by atoms with Gasteiger partial charge < -0.3 is 29.9 Å². The lowest BCUT2D eigenvalue weighted by Crippen LogP contribution is -2.24. The second-order valence-electron chi connectivity index (χ2n) is 8.81. The maximum Gasteiger partial charge on any atom is 0.342 e. The Labute approximate surface area is 197 Å². The number of esters is 1. The molecule has 176 valence electrons. The molecule has 2 aliphatic carbocycles. The number of hydrogen-bond donors (Lipinski definition) is 4. The summed E-state index contributed by atoms with van der Waals surface area (Å²) < 4.78 is 10.6. The number of ketones is 2. The van der Waals surface area contributed by atoms with E-state index in [2.05, 4.69) is 0 Å². The number of phenolic OH excluding ortho intramolecular Hbond substituents is 4. The third-order valence-corrected chi connectivity index (χ3v) is 7.10. The molecule has 0 radical (unpaired) electrons. The van der Waals surface area contributed by atoms with Crippen LogP contribution in [0.3, 0.4) is 0 Å². The molecule has 0 bridgehead atoms. The molecule has 0 unspecified atom stereocenters. The first-order valence-electron chi connectivity index (χ1n) is 10.8. The van der Waals surface area contributed by atoms with Crippen molar-refractivity contribution in [2.45, 2.75) is 26.4 Å². The van der Waals surface area contributed by atoms with Gasteiger partial charge in [-0.25, -0.2) is 4.79 Å². The molecule has 3 aliphatic rings. The second-order valence-corrected chi connectivity index (χ2v) is 8.81. The molecule has 0 saturated carbocycles. The summed E-state index contributed by atoms with van der Waals surface area (Å²) in [4.78, 5) is 39.4. The van der Waals surface area contributed by atoms with Crippen LogP contribution in [0.1, 0.15) is 64.5 Å². The minimum absolute atomic E-state index is 0.00856. The Morgan fingerprint density at radius 1 is 0.771 bits per heavy atom. The molecule has 0 aromatic heterocycles. The lowest BCUT2D eigenvalue weighted by atomic mass is 9.75. The number of carbonyl (C=O) groups is 3. The number of carbonyl (C=O) groups excluding carboxylic acids is 3. The molecule has 3 aromatic rings. The van der Waals surface area contributed by atoms with E-state index in [9.17, 15) is 34.8 Å². The third-order valence-electron chi connectivity index (χ3n) is 7.10. The van der Waals surface area contributed by atoms with Crippen molar-refractivity contribution < 1.29 is 44.3 Å². The molecule has 9 nitrogen and oxygen atoms in total. The number of phenols is 4. The third kappa shape index (κ3) is 2.44. The van der Waals surface area contributed by atoms with Crippen molar-refractivity contribution in [2.24, 2.45) is 0 Å². The fraction of sp³-hybridized carbons (Fsp3) is 0.192. The molecule has 0 spiro atoms. The van der Waals surface area contributed by atoms with E-state index in [0.29, 0.717) is 29.5 Å². The highest BCUT2D eigenvalue weighted by Gasteiger charge is 2.43. The number of cyclic esters (lactones) is 1. The maximum absolute atomic E-state index is 13.6. The van der Waals surface area contributed by atoms with E-state index in [1.54, 1.807) is 6.07 Å². The number of rotatable bonds is 1. The topological polar surface area (TPSA) is 151 Å². The Balaban J connectivity index is 1.72. The van der Waals surface area contributed by atoms with Gasteiger partial charge in [0.1, 0.15) is 40.9 Å². The van der Waals surface area contributed by atoms with Gasteiger partial charge in [0.25, 0.3) is 0 Å². The van der Waals surface area contributed by atoms with Crippen molar-refractivity contribution in [1.29, 1.82) is 0 Å². The van der Waals surface area contributed by atoms with Gasteiger partial charge in [0.05, 0.1) is 23.8 Å². The van der Waals surface area contributed by atoms with Crippen LogP contribution in [0.5, 0.6) is 28.7 Å². The fourth-order valence-electron chi connectivity index (χ4n) is 5.43. The quantitative estimate of drug-likeness (QED) is 0.305. The highest BCUT2D eigenvalue weighted by atomic mass is 16.5. The largest absolute Gasteiger partial charge is 0.508 e. The van der Waals surface area contributed by atoms with Crippen LogP contribution in [0.15, 0.2) is 12.1 Å². The predicted octanol–water partition coefficient (Wildman–Crippen LogP) is 3.04. The maximum atomic E-state index is 13.6. The van der Waals surface area contributed by atoms with E-state index in [-0.39, 0.29) is 68.4 Å². The molecule has 0 atom stereocenters. The van der Waals surface area contributed by atoms with Gasteiger partial charge in [-0.2, -0.15) is 0 Å². The fourth-order valence-corrected chi connectivity index (χ4v) is 5.43. The summed E-state index contributed by atoms with van der Waals surface area (Å²) in [7, 11) is 1.32. The molecule has 1 heterocycles. The Bertz CT molecular complexity index is 1580. The highest BCUT2D eigenvalue weighted by Crippen LogP contribution is 2.55. The number of aromatic hydroxyl groups is 4. The van der Waals surface area contributed by atoms with Gasteiger partial charge in [-0.1, -0.05) is 6.07 Å². The van der Waals surface area contributed by atoms with E-state index in [1.165, 1.54) is 14.0 Å². The second kappa shape index (κ2) is 6.75. The summed E-state index contributed by atoms with van der Waals surface area (Å²) in [5.74, 6) is -4.04. The molecule has 9 heteroatoms. The lowest BCUT2D eigenvalue weighted by molar-refractivity contribution is 0.0533. The Kier molecular flexibility index (Phi) is 4.06. The van der Waals surface area contributed by atoms with Gasteiger partial charge in [-0.15, -0.1) is 0 Å². The normalized spacial score (nSPS) is 15.1. The van der Waals surface area contributed by atoms with Crippen molar-refractivity contribution in [3.05, 3.63) is 62.2 Å². The average molecular weight is 474 g/mol. The van der Waals surface area contributed by atoms with Crippen LogP contribution in [-0.2, 0) is 24.2 Å². The molecule has 1 aliphatic heterocycles. The van der Waals surface area contributed by atoms with E-state index in [1.807, 2.05) is 0 Å². The summed E-state index contributed by atoms with van der Waals surface area (Å²) in [5, 5.41) is 43.2. The summed E-state index contributed by atoms with van der Waals surface area (Å²) in [6.07, 6.45) is 0.719. The minimum atomic E-state index is -0.800. The monoisotopic (exact) mass is 474 g/mol. The first-order chi connectivity index (χ1) is 16.7. The Morgan fingerprint density at radius 2 is 1.49 bits per heavy atom. The van der Waals surface area contributed by atoms with E-state index in [4.69, 9.17) is 9.47 Å². The number of hydrogen-bond acceptors (Lipinski definition) is 9. The standard InChI is InChI=1S/C26H18O9/c1-8-13(27)6-12-17(20(8)28)24(32)19-18(21(12)29)23(31)16-11(25(19)34-2)4-3-9-5-10-7-35-26(33)15(10)22(30)14(9)16/h5-6,27-28,30-31H,3-4,7H2,1-2H3. The molecule has 0 amide bonds. The van der Waals surface area contributed by atoms with Gasteiger partial charge in [0.15, 0.2) is 5.78 Å². The number of fused-ring (bicyclic) bond motifs is 6.